The van der Waals surface area contributed by atoms with Crippen molar-refractivity contribution >= 4 is 40.8 Å². The van der Waals surface area contributed by atoms with Crippen molar-refractivity contribution in [1.29, 1.82) is 0 Å². The number of nitrogens with zero attached hydrogens (tertiary/aromatic N) is 1. The van der Waals surface area contributed by atoms with E-state index in [2.05, 4.69) is 5.32 Å². The van der Waals surface area contributed by atoms with Crippen LogP contribution in [0.15, 0.2) is 72.8 Å². The third kappa shape index (κ3) is 9.08. The Kier molecular flexibility index (Phi) is 11.0. The maximum absolute atomic E-state index is 12.4. The Morgan fingerprint density at radius 2 is 1.55 bits per heavy atom. The number of Topliss-reactive ketones (excluding diaryl/α,β-unsaturated/α-hetero) is 2. The number of non-ortho nitro benzene ring substituents is 1. The smallest absolute Gasteiger partial charge is 0.338 e. The number of carbonyl (C=O) groups is 5. The average Bonchev–Trinajstić information content (AvgIpc) is 2.99. The zero-order valence-electron chi connectivity index (χ0n) is 22.9. The number of esters is 2. The van der Waals surface area contributed by atoms with Gasteiger partial charge in [-0.1, -0.05) is 12.1 Å². The zero-order valence-corrected chi connectivity index (χ0v) is 22.9. The summed E-state index contributed by atoms with van der Waals surface area (Å²) in [6, 6.07) is 17.2. The van der Waals surface area contributed by atoms with Gasteiger partial charge in [-0.05, 0) is 61.9 Å². The van der Waals surface area contributed by atoms with Gasteiger partial charge in [-0.15, -0.1) is 0 Å². The van der Waals surface area contributed by atoms with E-state index in [9.17, 15) is 34.1 Å². The summed E-state index contributed by atoms with van der Waals surface area (Å²) in [5, 5.41) is 13.5. The Balaban J connectivity index is 1.38. The number of anilines is 1. The van der Waals surface area contributed by atoms with Crippen molar-refractivity contribution in [2.45, 2.75) is 32.3 Å². The summed E-state index contributed by atoms with van der Waals surface area (Å²) in [4.78, 5) is 71.6. The summed E-state index contributed by atoms with van der Waals surface area (Å²) in [6.45, 7) is 0.876. The third-order valence-corrected chi connectivity index (χ3v) is 5.95. The molecule has 0 fully saturated rings. The van der Waals surface area contributed by atoms with Gasteiger partial charge in [0.15, 0.2) is 12.7 Å². The molecular formula is C30H28N2O10. The molecule has 12 heteroatoms. The Morgan fingerprint density at radius 1 is 0.881 bits per heavy atom. The maximum atomic E-state index is 12.4. The van der Waals surface area contributed by atoms with Crippen LogP contribution in [0.5, 0.6) is 5.75 Å². The Bertz CT molecular complexity index is 1470. The van der Waals surface area contributed by atoms with Gasteiger partial charge in [-0.3, -0.25) is 29.3 Å². The molecule has 0 aliphatic heterocycles. The normalized spacial score (nSPS) is 11.1. The minimum absolute atomic E-state index is 0.0134. The van der Waals surface area contributed by atoms with Crippen LogP contribution in [0.2, 0.25) is 0 Å². The van der Waals surface area contributed by atoms with E-state index in [0.29, 0.717) is 17.0 Å². The van der Waals surface area contributed by atoms with Crippen LogP contribution in [0.3, 0.4) is 0 Å². The van der Waals surface area contributed by atoms with Crippen LogP contribution in [-0.2, 0) is 19.1 Å². The van der Waals surface area contributed by atoms with Gasteiger partial charge in [0.2, 0.25) is 17.5 Å². The number of benzene rings is 3. The molecule has 3 aromatic carbocycles. The van der Waals surface area contributed by atoms with Gasteiger partial charge in [-0.25, -0.2) is 4.79 Å². The van der Waals surface area contributed by atoms with E-state index < -0.39 is 35.4 Å². The van der Waals surface area contributed by atoms with Crippen molar-refractivity contribution in [3.63, 3.8) is 0 Å². The number of hydrogen-bond acceptors (Lipinski definition) is 10. The minimum atomic E-state index is -0.983. The van der Waals surface area contributed by atoms with Crippen LogP contribution in [-0.4, -0.2) is 54.2 Å². The number of carbonyl (C=O) groups excluding carboxylic acids is 5. The Morgan fingerprint density at radius 3 is 2.19 bits per heavy atom. The average molecular weight is 577 g/mol. The molecule has 0 saturated heterocycles. The second kappa shape index (κ2) is 14.8. The number of nitro groups is 1. The highest BCUT2D eigenvalue weighted by Crippen LogP contribution is 2.16. The first kappa shape index (κ1) is 31.1. The molecule has 0 aromatic heterocycles. The van der Waals surface area contributed by atoms with Crippen molar-refractivity contribution in [2.24, 2.45) is 0 Å². The summed E-state index contributed by atoms with van der Waals surface area (Å²) >= 11 is 0. The lowest BCUT2D eigenvalue weighted by Gasteiger charge is -2.12. The summed E-state index contributed by atoms with van der Waals surface area (Å²) in [7, 11) is 1.51. The molecule has 3 aromatic rings. The highest BCUT2D eigenvalue weighted by Gasteiger charge is 2.20. The molecule has 0 saturated carbocycles. The second-order valence-electron chi connectivity index (χ2n) is 9.01. The van der Waals surface area contributed by atoms with Crippen LogP contribution in [0.25, 0.3) is 0 Å². The van der Waals surface area contributed by atoms with E-state index in [1.807, 2.05) is 0 Å². The topological polar surface area (TPSA) is 168 Å². The number of ketones is 2. The number of rotatable bonds is 14. The number of nitro benzene ring substituents is 1. The summed E-state index contributed by atoms with van der Waals surface area (Å²) in [5.74, 6) is -2.13. The lowest BCUT2D eigenvalue weighted by Crippen LogP contribution is -2.24. The van der Waals surface area contributed by atoms with Gasteiger partial charge in [0.1, 0.15) is 5.75 Å². The van der Waals surface area contributed by atoms with Crippen molar-refractivity contribution in [2.75, 3.05) is 19.0 Å². The molecule has 1 unspecified atom stereocenters. The molecule has 0 bridgehead atoms. The third-order valence-electron chi connectivity index (χ3n) is 5.95. The largest absolute Gasteiger partial charge is 0.497 e. The minimum Gasteiger partial charge on any atom is -0.497 e. The predicted molar refractivity (Wildman–Crippen MR) is 150 cm³/mol. The highest BCUT2D eigenvalue weighted by molar-refractivity contribution is 6.01. The first-order valence-corrected chi connectivity index (χ1v) is 12.8. The van der Waals surface area contributed by atoms with Gasteiger partial charge in [-0.2, -0.15) is 0 Å². The molecule has 1 amide bonds. The molecule has 0 radical (unpaired) electrons. The van der Waals surface area contributed by atoms with Gasteiger partial charge >= 0.3 is 11.9 Å². The molecule has 0 aliphatic rings. The van der Waals surface area contributed by atoms with Gasteiger partial charge in [0.05, 0.1) is 17.6 Å². The van der Waals surface area contributed by atoms with Crippen LogP contribution in [0, 0.1) is 10.1 Å². The van der Waals surface area contributed by atoms with Crippen LogP contribution in [0.4, 0.5) is 11.4 Å². The SMILES string of the molecule is COc1ccc(C(=O)C(C)OC(=O)CCCC(=O)Nc2ccc(C(=O)OCC(=O)c3cccc([N+](=O)[O-])c3)cc2)cc1. The van der Waals surface area contributed by atoms with Crippen LogP contribution < -0.4 is 10.1 Å². The molecule has 1 atom stereocenters. The number of methoxy groups -OCH3 is 1. The number of amides is 1. The molecule has 3 rings (SSSR count). The fourth-order valence-corrected chi connectivity index (χ4v) is 3.70. The summed E-state index contributed by atoms with van der Waals surface area (Å²) in [6.07, 6.45) is -0.841. The Hall–Kier alpha value is -5.39. The number of nitrogens with one attached hydrogen (secondary N) is 1. The van der Waals surface area contributed by atoms with Crippen LogP contribution in [0.1, 0.15) is 57.3 Å². The van der Waals surface area contributed by atoms with E-state index in [1.54, 1.807) is 24.3 Å². The first-order chi connectivity index (χ1) is 20.1. The van der Waals surface area contributed by atoms with E-state index in [4.69, 9.17) is 14.2 Å². The van der Waals surface area contributed by atoms with E-state index >= 15 is 0 Å². The highest BCUT2D eigenvalue weighted by atomic mass is 16.6. The quantitative estimate of drug-likeness (QED) is 0.124. The lowest BCUT2D eigenvalue weighted by molar-refractivity contribution is -0.384. The maximum Gasteiger partial charge on any atom is 0.338 e. The molecule has 42 heavy (non-hydrogen) atoms. The Labute approximate surface area is 240 Å². The number of ether oxygens (including phenoxy) is 3. The fourth-order valence-electron chi connectivity index (χ4n) is 3.70. The van der Waals surface area contributed by atoms with E-state index in [0.717, 1.165) is 6.07 Å². The van der Waals surface area contributed by atoms with Crippen molar-refractivity contribution in [3.8, 4) is 5.75 Å². The molecule has 1 N–H and O–H groups in total. The van der Waals surface area contributed by atoms with Crippen LogP contribution >= 0.6 is 0 Å². The van der Waals surface area contributed by atoms with E-state index in [-0.39, 0.29) is 47.8 Å². The van der Waals surface area contributed by atoms with Crippen molar-refractivity contribution in [1.82, 2.24) is 0 Å². The predicted octanol–water partition coefficient (Wildman–Crippen LogP) is 4.57. The van der Waals surface area contributed by atoms with Gasteiger partial charge in [0.25, 0.3) is 5.69 Å². The van der Waals surface area contributed by atoms with E-state index in [1.165, 1.54) is 56.5 Å². The van der Waals surface area contributed by atoms with Crippen molar-refractivity contribution < 1.29 is 43.1 Å². The monoisotopic (exact) mass is 576 g/mol. The molecular weight excluding hydrogens is 548 g/mol. The standard InChI is InChI=1S/C30H28N2O10/c1-19(29(36)20-11-15-25(40-2)16-12-20)42-28(35)8-4-7-27(34)31-23-13-9-21(10-14-23)30(37)41-18-26(33)22-5-3-6-24(17-22)32(38)39/h3,5-6,9-17,19H,4,7-8,18H2,1-2H3,(H,31,34). The first-order valence-electron chi connectivity index (χ1n) is 12.8. The van der Waals surface area contributed by atoms with Gasteiger partial charge in [0, 0.05) is 41.8 Å². The molecule has 0 spiro atoms. The summed E-state index contributed by atoms with van der Waals surface area (Å²) in [5.41, 5.74) is 0.687. The zero-order chi connectivity index (χ0) is 30.6. The molecule has 12 nitrogen and oxygen atoms in total. The second-order valence-corrected chi connectivity index (χ2v) is 9.01. The molecule has 0 aliphatic carbocycles. The molecule has 0 heterocycles. The van der Waals surface area contributed by atoms with Crippen molar-refractivity contribution in [3.05, 3.63) is 99.6 Å². The molecule has 218 valence electrons. The lowest BCUT2D eigenvalue weighted by atomic mass is 10.1. The number of hydrogen-bond donors (Lipinski definition) is 1. The van der Waals surface area contributed by atoms with Gasteiger partial charge < -0.3 is 19.5 Å². The summed E-state index contributed by atoms with van der Waals surface area (Å²) < 4.78 is 15.2. The fraction of sp³-hybridized carbons (Fsp3) is 0.233.